The molecule has 24 heavy (non-hydrogen) atoms. The molecular formula is C16H18Cl2N3O3+. The average molecular weight is 371 g/mol. The molecule has 8 heteroatoms. The molecule has 2 fully saturated rings. The van der Waals surface area contributed by atoms with Gasteiger partial charge in [-0.1, -0.05) is 23.2 Å². The summed E-state index contributed by atoms with van der Waals surface area (Å²) in [5, 5.41) is 0.669. The van der Waals surface area contributed by atoms with Gasteiger partial charge in [0.05, 0.1) is 35.2 Å². The standard InChI is InChI=1S/C16H17Cl2N3O3/c17-11-2-1-10(7-12(11)18)21-14(22)8-13(16(21)24)20-5-3-9(4-6-20)15(19)23/h1-2,7,9,13H,3-6,8H2,(H2,19,23)/p+1/t13-/m0/s1. The Morgan fingerprint density at radius 2 is 1.83 bits per heavy atom. The molecule has 3 amide bonds. The van der Waals surface area contributed by atoms with Crippen LogP contribution in [0.1, 0.15) is 19.3 Å². The lowest BCUT2D eigenvalue weighted by Gasteiger charge is -2.30. The number of carbonyl (C=O) groups is 3. The number of amides is 3. The minimum absolute atomic E-state index is 0.132. The Hall–Kier alpha value is -1.63. The number of hydrogen-bond donors (Lipinski definition) is 2. The van der Waals surface area contributed by atoms with Crippen molar-refractivity contribution in [3.8, 4) is 0 Å². The summed E-state index contributed by atoms with van der Waals surface area (Å²) in [4.78, 5) is 38.6. The molecule has 0 aromatic heterocycles. The van der Waals surface area contributed by atoms with Gasteiger partial charge in [-0.2, -0.15) is 0 Å². The lowest BCUT2D eigenvalue weighted by molar-refractivity contribution is -0.920. The number of hydrogen-bond acceptors (Lipinski definition) is 3. The highest BCUT2D eigenvalue weighted by molar-refractivity contribution is 6.42. The summed E-state index contributed by atoms with van der Waals surface area (Å²) in [7, 11) is 0. The minimum atomic E-state index is -0.416. The summed E-state index contributed by atoms with van der Waals surface area (Å²) in [6.45, 7) is 1.32. The first-order chi connectivity index (χ1) is 11.4. The van der Waals surface area contributed by atoms with Crippen LogP contribution in [0.25, 0.3) is 0 Å². The number of halogens is 2. The zero-order valence-corrected chi connectivity index (χ0v) is 14.4. The molecule has 0 spiro atoms. The second-order valence-electron chi connectivity index (χ2n) is 6.26. The van der Waals surface area contributed by atoms with Crippen molar-refractivity contribution in [1.29, 1.82) is 0 Å². The molecule has 0 unspecified atom stereocenters. The molecule has 0 aliphatic carbocycles. The van der Waals surface area contributed by atoms with Crippen LogP contribution in [-0.2, 0) is 14.4 Å². The number of nitrogens with two attached hydrogens (primary N) is 1. The molecule has 3 rings (SSSR count). The predicted octanol–water partition coefficient (Wildman–Crippen LogP) is 0.406. The maximum absolute atomic E-state index is 12.7. The van der Waals surface area contributed by atoms with E-state index in [4.69, 9.17) is 28.9 Å². The minimum Gasteiger partial charge on any atom is -0.369 e. The van der Waals surface area contributed by atoms with Crippen LogP contribution >= 0.6 is 23.2 Å². The lowest BCUT2D eigenvalue weighted by Crippen LogP contribution is -3.17. The molecule has 6 nitrogen and oxygen atoms in total. The van der Waals surface area contributed by atoms with E-state index in [0.29, 0.717) is 41.7 Å². The molecular weight excluding hydrogens is 353 g/mol. The van der Waals surface area contributed by atoms with Crippen LogP contribution in [0.15, 0.2) is 18.2 Å². The van der Waals surface area contributed by atoms with Crippen LogP contribution in [-0.4, -0.2) is 36.9 Å². The number of nitrogens with zero attached hydrogens (tertiary/aromatic N) is 1. The molecule has 2 heterocycles. The maximum atomic E-state index is 12.7. The van der Waals surface area contributed by atoms with Gasteiger partial charge in [-0.25, -0.2) is 4.90 Å². The van der Waals surface area contributed by atoms with E-state index in [-0.39, 0.29) is 30.1 Å². The van der Waals surface area contributed by atoms with Gasteiger partial charge in [-0.05, 0) is 18.2 Å². The summed E-state index contributed by atoms with van der Waals surface area (Å²) >= 11 is 11.9. The Kier molecular flexibility index (Phi) is 4.80. The largest absolute Gasteiger partial charge is 0.369 e. The van der Waals surface area contributed by atoms with Crippen molar-refractivity contribution in [3.05, 3.63) is 28.2 Å². The Morgan fingerprint density at radius 1 is 1.17 bits per heavy atom. The number of anilines is 1. The third kappa shape index (κ3) is 3.14. The van der Waals surface area contributed by atoms with Crippen molar-refractivity contribution in [3.63, 3.8) is 0 Å². The Bertz CT molecular complexity index is 702. The van der Waals surface area contributed by atoms with Gasteiger partial charge < -0.3 is 10.6 Å². The van der Waals surface area contributed by atoms with Crippen LogP contribution < -0.4 is 15.5 Å². The molecule has 1 atom stereocenters. The Balaban J connectivity index is 1.75. The van der Waals surface area contributed by atoms with E-state index < -0.39 is 6.04 Å². The highest BCUT2D eigenvalue weighted by Crippen LogP contribution is 2.29. The van der Waals surface area contributed by atoms with E-state index in [1.807, 2.05) is 0 Å². The van der Waals surface area contributed by atoms with Gasteiger partial charge in [0.25, 0.3) is 5.91 Å². The van der Waals surface area contributed by atoms with Crippen LogP contribution in [0.4, 0.5) is 5.69 Å². The predicted molar refractivity (Wildman–Crippen MR) is 90.0 cm³/mol. The molecule has 0 bridgehead atoms. The molecule has 2 saturated heterocycles. The normalized spacial score (nSPS) is 27.6. The first-order valence-corrected chi connectivity index (χ1v) is 8.60. The number of likely N-dealkylation sites (tertiary alicyclic amines) is 1. The van der Waals surface area contributed by atoms with Gasteiger partial charge in [0.1, 0.15) is 0 Å². The molecule has 0 saturated carbocycles. The van der Waals surface area contributed by atoms with E-state index >= 15 is 0 Å². The number of imide groups is 1. The number of primary amides is 1. The topological polar surface area (TPSA) is 84.9 Å². The van der Waals surface area contributed by atoms with Gasteiger partial charge in [0.15, 0.2) is 6.04 Å². The second kappa shape index (κ2) is 6.70. The molecule has 2 aliphatic rings. The number of rotatable bonds is 3. The van der Waals surface area contributed by atoms with Gasteiger partial charge in [-0.15, -0.1) is 0 Å². The fourth-order valence-electron chi connectivity index (χ4n) is 3.47. The Labute approximate surface area is 149 Å². The number of piperidine rings is 1. The zero-order chi connectivity index (χ0) is 17.4. The van der Waals surface area contributed by atoms with Crippen LogP contribution in [0.5, 0.6) is 0 Å². The summed E-state index contributed by atoms with van der Waals surface area (Å²) in [5.41, 5.74) is 5.78. The van der Waals surface area contributed by atoms with Gasteiger partial charge >= 0.3 is 0 Å². The SMILES string of the molecule is NC(=O)C1CC[NH+]([C@H]2CC(=O)N(c3ccc(Cl)c(Cl)c3)C2=O)CC1. The van der Waals surface area contributed by atoms with Crippen LogP contribution in [0.3, 0.4) is 0 Å². The summed E-state index contributed by atoms with van der Waals surface area (Å²) in [5.74, 6) is -0.897. The fourth-order valence-corrected chi connectivity index (χ4v) is 3.76. The van der Waals surface area contributed by atoms with Crippen molar-refractivity contribution >= 4 is 46.6 Å². The first-order valence-electron chi connectivity index (χ1n) is 7.84. The smallest absolute Gasteiger partial charge is 0.292 e. The van der Waals surface area contributed by atoms with E-state index in [2.05, 4.69) is 0 Å². The molecule has 2 aliphatic heterocycles. The number of quaternary nitrogens is 1. The Morgan fingerprint density at radius 3 is 2.42 bits per heavy atom. The van der Waals surface area contributed by atoms with E-state index in [9.17, 15) is 14.4 Å². The maximum Gasteiger partial charge on any atom is 0.292 e. The highest BCUT2D eigenvalue weighted by atomic mass is 35.5. The van der Waals surface area contributed by atoms with Gasteiger partial charge in [-0.3, -0.25) is 14.4 Å². The zero-order valence-electron chi connectivity index (χ0n) is 12.9. The lowest BCUT2D eigenvalue weighted by atomic mass is 9.95. The molecule has 1 aromatic rings. The van der Waals surface area contributed by atoms with Crippen LogP contribution in [0, 0.1) is 5.92 Å². The average Bonchev–Trinajstić information content (AvgIpc) is 2.85. The van der Waals surface area contributed by atoms with Crippen LogP contribution in [0.2, 0.25) is 10.0 Å². The van der Waals surface area contributed by atoms with Crippen molar-refractivity contribution < 1.29 is 19.3 Å². The van der Waals surface area contributed by atoms with Crippen molar-refractivity contribution in [2.45, 2.75) is 25.3 Å². The molecule has 0 radical (unpaired) electrons. The third-order valence-electron chi connectivity index (χ3n) is 4.83. The number of carbonyl (C=O) groups excluding carboxylic acids is 3. The summed E-state index contributed by atoms with van der Waals surface area (Å²) < 4.78 is 0. The summed E-state index contributed by atoms with van der Waals surface area (Å²) in [6, 6.07) is 4.29. The third-order valence-corrected chi connectivity index (χ3v) is 5.57. The van der Waals surface area contributed by atoms with E-state index in [0.717, 1.165) is 4.90 Å². The quantitative estimate of drug-likeness (QED) is 0.755. The monoisotopic (exact) mass is 370 g/mol. The first kappa shape index (κ1) is 17.2. The molecule has 1 aromatic carbocycles. The number of benzene rings is 1. The van der Waals surface area contributed by atoms with Gasteiger partial charge in [0.2, 0.25) is 11.8 Å². The van der Waals surface area contributed by atoms with Crippen molar-refractivity contribution in [1.82, 2.24) is 0 Å². The highest BCUT2D eigenvalue weighted by Gasteiger charge is 2.46. The van der Waals surface area contributed by atoms with Crippen molar-refractivity contribution in [2.75, 3.05) is 18.0 Å². The molecule has 3 N–H and O–H groups in total. The van der Waals surface area contributed by atoms with E-state index in [1.54, 1.807) is 12.1 Å². The fraction of sp³-hybridized carbons (Fsp3) is 0.438. The summed E-state index contributed by atoms with van der Waals surface area (Å²) in [6.07, 6.45) is 1.46. The second-order valence-corrected chi connectivity index (χ2v) is 7.07. The number of nitrogens with one attached hydrogen (secondary N) is 1. The van der Waals surface area contributed by atoms with E-state index in [1.165, 1.54) is 11.0 Å². The molecule has 128 valence electrons. The van der Waals surface area contributed by atoms with Gasteiger partial charge in [0, 0.05) is 18.8 Å². The van der Waals surface area contributed by atoms with Crippen molar-refractivity contribution in [2.24, 2.45) is 11.7 Å².